The number of aliphatic hydroxyl groups is 2. The first-order valence-corrected chi connectivity index (χ1v) is 5.35. The summed E-state index contributed by atoms with van der Waals surface area (Å²) in [5, 5.41) is 33.3. The summed E-state index contributed by atoms with van der Waals surface area (Å²) in [6, 6.07) is 4.21. The van der Waals surface area contributed by atoms with Crippen LogP contribution in [0.4, 0.5) is 5.69 Å². The summed E-state index contributed by atoms with van der Waals surface area (Å²) < 4.78 is 4.99. The maximum Gasteiger partial charge on any atom is 0.279 e. The Labute approximate surface area is 104 Å². The lowest BCUT2D eigenvalue weighted by Crippen LogP contribution is -2.30. The van der Waals surface area contributed by atoms with Gasteiger partial charge in [0, 0.05) is 12.6 Å². The Morgan fingerprint density at radius 1 is 1.50 bits per heavy atom. The van der Waals surface area contributed by atoms with E-state index < -0.39 is 17.1 Å². The first kappa shape index (κ1) is 14.4. The number of hydrogen-bond donors (Lipinski definition) is 3. The average Bonchev–Trinajstić information content (AvgIpc) is 2.37. The van der Waals surface area contributed by atoms with E-state index in [9.17, 15) is 20.3 Å². The summed E-state index contributed by atoms with van der Waals surface area (Å²) >= 11 is 0. The van der Waals surface area contributed by atoms with Crippen molar-refractivity contribution in [3.05, 3.63) is 33.9 Å². The Balaban J connectivity index is 3.22. The van der Waals surface area contributed by atoms with Crippen LogP contribution in [0.15, 0.2) is 18.2 Å². The molecule has 0 aliphatic carbocycles. The van der Waals surface area contributed by atoms with Crippen molar-refractivity contribution >= 4 is 5.69 Å². The largest absolute Gasteiger partial charge is 0.496 e. The fourth-order valence-electron chi connectivity index (χ4n) is 1.68. The molecule has 1 rings (SSSR count). The first-order chi connectivity index (χ1) is 8.52. The third kappa shape index (κ3) is 2.95. The lowest BCUT2D eigenvalue weighted by molar-refractivity contribution is -0.386. The molecule has 0 fully saturated rings. The molecular formula is C11H16N2O5. The van der Waals surface area contributed by atoms with Crippen LogP contribution in [0.1, 0.15) is 11.7 Å². The molecule has 7 heteroatoms. The number of benzene rings is 1. The standard InChI is InChI=1S/C11H16N2O5/c1-12-6-8(14)11(15)10-7(13(16)17)4-3-5-9(10)18-2/h3-5,8,11-12,14-15H,6H2,1-2H3. The summed E-state index contributed by atoms with van der Waals surface area (Å²) in [5.41, 5.74) is -0.301. The highest BCUT2D eigenvalue weighted by Gasteiger charge is 2.29. The average molecular weight is 256 g/mol. The van der Waals surface area contributed by atoms with Gasteiger partial charge in [-0.15, -0.1) is 0 Å². The molecule has 0 radical (unpaired) electrons. The third-order valence-corrected chi connectivity index (χ3v) is 2.53. The molecule has 0 amide bonds. The quantitative estimate of drug-likeness (QED) is 0.496. The van der Waals surface area contributed by atoms with E-state index in [2.05, 4.69) is 5.32 Å². The van der Waals surface area contributed by atoms with Gasteiger partial charge < -0.3 is 20.3 Å². The Morgan fingerprint density at radius 3 is 2.67 bits per heavy atom. The number of methoxy groups -OCH3 is 1. The predicted octanol–water partition coefficient (Wildman–Crippen LogP) is 0.217. The fraction of sp³-hybridized carbons (Fsp3) is 0.455. The van der Waals surface area contributed by atoms with Crippen LogP contribution in [0.3, 0.4) is 0 Å². The summed E-state index contributed by atoms with van der Waals surface area (Å²) in [6.45, 7) is 0.108. The zero-order chi connectivity index (χ0) is 13.7. The second kappa shape index (κ2) is 6.29. The van der Waals surface area contributed by atoms with Crippen molar-refractivity contribution in [1.82, 2.24) is 5.32 Å². The van der Waals surface area contributed by atoms with Crippen LogP contribution in [0.2, 0.25) is 0 Å². The van der Waals surface area contributed by atoms with E-state index in [0.29, 0.717) is 0 Å². The zero-order valence-electron chi connectivity index (χ0n) is 10.2. The van der Waals surface area contributed by atoms with E-state index in [1.54, 1.807) is 7.05 Å². The lowest BCUT2D eigenvalue weighted by atomic mass is 10.0. The minimum atomic E-state index is -1.39. The molecule has 0 aliphatic rings. The molecule has 18 heavy (non-hydrogen) atoms. The van der Waals surface area contributed by atoms with Crippen molar-refractivity contribution in [2.45, 2.75) is 12.2 Å². The molecule has 3 N–H and O–H groups in total. The second-order valence-electron chi connectivity index (χ2n) is 3.72. The number of aliphatic hydroxyl groups excluding tert-OH is 2. The molecule has 1 aromatic carbocycles. The van der Waals surface area contributed by atoms with Crippen molar-refractivity contribution in [2.75, 3.05) is 20.7 Å². The minimum absolute atomic E-state index is 0.0206. The minimum Gasteiger partial charge on any atom is -0.496 e. The van der Waals surface area contributed by atoms with E-state index in [1.165, 1.54) is 25.3 Å². The normalized spacial score (nSPS) is 14.0. The van der Waals surface area contributed by atoms with Crippen LogP contribution in [0.5, 0.6) is 5.75 Å². The van der Waals surface area contributed by atoms with Gasteiger partial charge in [0.15, 0.2) is 0 Å². The second-order valence-corrected chi connectivity index (χ2v) is 3.72. The van der Waals surface area contributed by atoms with E-state index in [0.717, 1.165) is 0 Å². The number of ether oxygens (including phenoxy) is 1. The number of nitro groups is 1. The highest BCUT2D eigenvalue weighted by molar-refractivity contribution is 5.51. The molecule has 2 unspecified atom stereocenters. The monoisotopic (exact) mass is 256 g/mol. The van der Waals surface area contributed by atoms with Gasteiger partial charge in [-0.1, -0.05) is 6.07 Å². The molecule has 2 atom stereocenters. The highest BCUT2D eigenvalue weighted by atomic mass is 16.6. The summed E-state index contributed by atoms with van der Waals surface area (Å²) in [6.07, 6.45) is -2.56. The molecule has 0 saturated carbocycles. The number of rotatable bonds is 6. The first-order valence-electron chi connectivity index (χ1n) is 5.35. The SMILES string of the molecule is CNCC(O)C(O)c1c(OC)cccc1[N+](=O)[O-]. The molecule has 0 aromatic heterocycles. The molecule has 0 saturated heterocycles. The van der Waals surface area contributed by atoms with Gasteiger partial charge in [-0.05, 0) is 13.1 Å². The van der Waals surface area contributed by atoms with Gasteiger partial charge in [0.1, 0.15) is 17.4 Å². The molecule has 0 spiro atoms. The van der Waals surface area contributed by atoms with E-state index >= 15 is 0 Å². The van der Waals surface area contributed by atoms with Crippen LogP contribution in [-0.2, 0) is 0 Å². The molecular weight excluding hydrogens is 240 g/mol. The Hall–Kier alpha value is -1.70. The number of hydrogen-bond acceptors (Lipinski definition) is 6. The van der Waals surface area contributed by atoms with Gasteiger partial charge in [0.05, 0.1) is 18.1 Å². The molecule has 100 valence electrons. The number of nitrogens with zero attached hydrogens (tertiary/aromatic N) is 1. The maximum absolute atomic E-state index is 10.9. The van der Waals surface area contributed by atoms with Crippen LogP contribution >= 0.6 is 0 Å². The zero-order valence-corrected chi connectivity index (χ0v) is 10.2. The summed E-state index contributed by atoms with van der Waals surface area (Å²) in [4.78, 5) is 10.3. The third-order valence-electron chi connectivity index (χ3n) is 2.53. The van der Waals surface area contributed by atoms with Gasteiger partial charge >= 0.3 is 0 Å². The topological polar surface area (TPSA) is 105 Å². The molecule has 0 bridgehead atoms. The van der Waals surface area contributed by atoms with Gasteiger partial charge in [0.2, 0.25) is 0 Å². The number of nitro benzene ring substituents is 1. The maximum atomic E-state index is 10.9. The summed E-state index contributed by atoms with van der Waals surface area (Å²) in [5.74, 6) is 0.173. The molecule has 0 aliphatic heterocycles. The van der Waals surface area contributed by atoms with Crippen molar-refractivity contribution in [2.24, 2.45) is 0 Å². The molecule has 0 heterocycles. The van der Waals surface area contributed by atoms with Gasteiger partial charge in [0.25, 0.3) is 5.69 Å². The van der Waals surface area contributed by atoms with Gasteiger partial charge in [-0.3, -0.25) is 10.1 Å². The Morgan fingerprint density at radius 2 is 2.17 bits per heavy atom. The predicted molar refractivity (Wildman–Crippen MR) is 64.5 cm³/mol. The van der Waals surface area contributed by atoms with Gasteiger partial charge in [-0.25, -0.2) is 0 Å². The van der Waals surface area contributed by atoms with Crippen molar-refractivity contribution in [1.29, 1.82) is 0 Å². The van der Waals surface area contributed by atoms with E-state index in [1.807, 2.05) is 0 Å². The van der Waals surface area contributed by atoms with E-state index in [-0.39, 0.29) is 23.5 Å². The van der Waals surface area contributed by atoms with Crippen LogP contribution in [0.25, 0.3) is 0 Å². The van der Waals surface area contributed by atoms with Crippen LogP contribution < -0.4 is 10.1 Å². The molecule has 7 nitrogen and oxygen atoms in total. The smallest absolute Gasteiger partial charge is 0.279 e. The number of likely N-dealkylation sites (N-methyl/N-ethyl adjacent to an activating group) is 1. The molecule has 1 aromatic rings. The lowest BCUT2D eigenvalue weighted by Gasteiger charge is -2.19. The Kier molecular flexibility index (Phi) is 5.02. The van der Waals surface area contributed by atoms with Crippen LogP contribution in [0, 0.1) is 10.1 Å². The van der Waals surface area contributed by atoms with Crippen molar-refractivity contribution in [3.8, 4) is 5.75 Å². The highest BCUT2D eigenvalue weighted by Crippen LogP contribution is 2.35. The van der Waals surface area contributed by atoms with Gasteiger partial charge in [-0.2, -0.15) is 0 Å². The summed E-state index contributed by atoms with van der Waals surface area (Å²) in [7, 11) is 2.95. The fourth-order valence-corrected chi connectivity index (χ4v) is 1.68. The van der Waals surface area contributed by atoms with Crippen molar-refractivity contribution < 1.29 is 19.9 Å². The van der Waals surface area contributed by atoms with Crippen molar-refractivity contribution in [3.63, 3.8) is 0 Å². The van der Waals surface area contributed by atoms with Crippen LogP contribution in [-0.4, -0.2) is 41.9 Å². The van der Waals surface area contributed by atoms with E-state index in [4.69, 9.17) is 4.74 Å². The number of nitrogens with one attached hydrogen (secondary N) is 1. The Bertz CT molecular complexity index is 424.